The van der Waals surface area contributed by atoms with Gasteiger partial charge in [-0.05, 0) is 18.9 Å². The predicted octanol–water partition coefficient (Wildman–Crippen LogP) is 0.00680. The molecule has 1 aromatic rings. The van der Waals surface area contributed by atoms with Crippen LogP contribution in [0.3, 0.4) is 0 Å². The summed E-state index contributed by atoms with van der Waals surface area (Å²) < 4.78 is 1.26. The number of likely N-dealkylation sites (N-methyl/N-ethyl adjacent to an activating group) is 1. The Kier molecular flexibility index (Phi) is 3.99. The Morgan fingerprint density at radius 2 is 2.21 bits per heavy atom. The van der Waals surface area contributed by atoms with Gasteiger partial charge in [-0.2, -0.15) is 0 Å². The molecular formula is C13H19N3O3. The zero-order chi connectivity index (χ0) is 13.9. The first kappa shape index (κ1) is 13.7. The molecule has 0 atom stereocenters. The molecule has 1 aliphatic rings. The number of rotatable bonds is 4. The third-order valence-electron chi connectivity index (χ3n) is 3.58. The number of aromatic nitrogens is 2. The lowest BCUT2D eigenvalue weighted by Crippen LogP contribution is -2.44. The fraction of sp³-hybridized carbons (Fsp3) is 0.615. The number of hydrogen-bond acceptors (Lipinski definition) is 4. The zero-order valence-electron chi connectivity index (χ0n) is 11.1. The Hall–Kier alpha value is -1.69. The Morgan fingerprint density at radius 1 is 1.53 bits per heavy atom. The third-order valence-corrected chi connectivity index (χ3v) is 3.58. The maximum atomic E-state index is 12.0. The second-order valence-corrected chi connectivity index (χ2v) is 5.21. The maximum absolute atomic E-state index is 12.0. The van der Waals surface area contributed by atoms with E-state index >= 15 is 0 Å². The molecule has 0 aromatic carbocycles. The van der Waals surface area contributed by atoms with Crippen LogP contribution in [0.25, 0.3) is 0 Å². The van der Waals surface area contributed by atoms with Crippen molar-refractivity contribution in [1.29, 1.82) is 0 Å². The van der Waals surface area contributed by atoms with Gasteiger partial charge in [0.05, 0.1) is 5.60 Å². The van der Waals surface area contributed by atoms with E-state index in [1.54, 1.807) is 13.1 Å². The minimum absolute atomic E-state index is 0.0424. The molecule has 1 aromatic heterocycles. The first-order valence-corrected chi connectivity index (χ1v) is 6.48. The minimum Gasteiger partial charge on any atom is -0.388 e. The van der Waals surface area contributed by atoms with Crippen LogP contribution in [0.2, 0.25) is 0 Å². The fourth-order valence-electron chi connectivity index (χ4n) is 2.49. The van der Waals surface area contributed by atoms with Gasteiger partial charge >= 0.3 is 5.69 Å². The van der Waals surface area contributed by atoms with Gasteiger partial charge in [0.2, 0.25) is 5.91 Å². The summed E-state index contributed by atoms with van der Waals surface area (Å²) in [6.07, 6.45) is 6.40. The molecule has 104 valence electrons. The van der Waals surface area contributed by atoms with Crippen molar-refractivity contribution in [3.8, 4) is 0 Å². The number of carbonyl (C=O) groups is 1. The first-order valence-electron chi connectivity index (χ1n) is 6.48. The summed E-state index contributed by atoms with van der Waals surface area (Å²) in [5.74, 6) is -0.199. The molecule has 1 saturated carbocycles. The van der Waals surface area contributed by atoms with E-state index in [0.29, 0.717) is 6.54 Å². The second-order valence-electron chi connectivity index (χ2n) is 5.21. The number of carbonyl (C=O) groups excluding carboxylic acids is 1. The van der Waals surface area contributed by atoms with Crippen LogP contribution >= 0.6 is 0 Å². The van der Waals surface area contributed by atoms with Crippen LogP contribution in [0.1, 0.15) is 25.7 Å². The van der Waals surface area contributed by atoms with Gasteiger partial charge in [0.25, 0.3) is 0 Å². The summed E-state index contributed by atoms with van der Waals surface area (Å²) >= 11 is 0. The summed E-state index contributed by atoms with van der Waals surface area (Å²) in [5.41, 5.74) is -1.20. The fourth-order valence-corrected chi connectivity index (χ4v) is 2.49. The van der Waals surface area contributed by atoms with Gasteiger partial charge in [-0.25, -0.2) is 9.78 Å². The molecule has 0 bridgehead atoms. The lowest BCUT2D eigenvalue weighted by Gasteiger charge is -2.28. The Morgan fingerprint density at radius 3 is 2.84 bits per heavy atom. The molecule has 0 unspecified atom stereocenters. The highest BCUT2D eigenvalue weighted by molar-refractivity contribution is 5.75. The van der Waals surface area contributed by atoms with E-state index in [9.17, 15) is 14.7 Å². The summed E-state index contributed by atoms with van der Waals surface area (Å²) in [6, 6.07) is 1.61. The zero-order valence-corrected chi connectivity index (χ0v) is 11.1. The van der Waals surface area contributed by atoms with E-state index in [-0.39, 0.29) is 12.5 Å². The highest BCUT2D eigenvalue weighted by Crippen LogP contribution is 2.29. The van der Waals surface area contributed by atoms with Crippen molar-refractivity contribution in [3.05, 3.63) is 28.9 Å². The minimum atomic E-state index is -0.760. The van der Waals surface area contributed by atoms with Gasteiger partial charge in [0.15, 0.2) is 0 Å². The quantitative estimate of drug-likeness (QED) is 0.832. The van der Waals surface area contributed by atoms with Crippen LogP contribution in [0.4, 0.5) is 0 Å². The largest absolute Gasteiger partial charge is 0.388 e. The van der Waals surface area contributed by atoms with E-state index in [1.165, 1.54) is 21.9 Å². The number of nitrogens with zero attached hydrogens (tertiary/aromatic N) is 3. The molecule has 1 N–H and O–H groups in total. The van der Waals surface area contributed by atoms with Crippen molar-refractivity contribution in [2.24, 2.45) is 0 Å². The Bertz CT molecular complexity index is 506. The summed E-state index contributed by atoms with van der Waals surface area (Å²) in [5, 5.41) is 10.3. The Balaban J connectivity index is 1.96. The highest BCUT2D eigenvalue weighted by Gasteiger charge is 2.33. The molecule has 0 saturated heterocycles. The van der Waals surface area contributed by atoms with Gasteiger partial charge in [0, 0.05) is 26.0 Å². The summed E-state index contributed by atoms with van der Waals surface area (Å²) in [4.78, 5) is 28.5. The van der Waals surface area contributed by atoms with Crippen LogP contribution in [0.15, 0.2) is 23.3 Å². The lowest BCUT2D eigenvalue weighted by molar-refractivity contribution is -0.133. The monoisotopic (exact) mass is 265 g/mol. The standard InChI is InChI=1S/C13H19N3O3/c1-15(10-13(19)5-2-3-6-13)11(17)9-16-8-4-7-14-12(16)18/h4,7-8,19H,2-3,5-6,9-10H2,1H3. The molecule has 2 rings (SSSR count). The third kappa shape index (κ3) is 3.41. The van der Waals surface area contributed by atoms with Crippen molar-refractivity contribution in [2.45, 2.75) is 37.8 Å². The normalized spacial score (nSPS) is 17.4. The molecule has 6 nitrogen and oxygen atoms in total. The van der Waals surface area contributed by atoms with Gasteiger partial charge in [-0.1, -0.05) is 12.8 Å². The smallest absolute Gasteiger partial charge is 0.347 e. The van der Waals surface area contributed by atoms with Crippen LogP contribution in [-0.2, 0) is 11.3 Å². The first-order chi connectivity index (χ1) is 9.00. The molecule has 1 aliphatic carbocycles. The molecule has 1 amide bonds. The molecule has 19 heavy (non-hydrogen) atoms. The molecular weight excluding hydrogens is 246 g/mol. The molecule has 6 heteroatoms. The lowest BCUT2D eigenvalue weighted by atomic mass is 10.0. The number of hydrogen-bond donors (Lipinski definition) is 1. The summed E-state index contributed by atoms with van der Waals surface area (Å²) in [7, 11) is 1.65. The number of amides is 1. The topological polar surface area (TPSA) is 75.4 Å². The van der Waals surface area contributed by atoms with Crippen LogP contribution in [0.5, 0.6) is 0 Å². The van der Waals surface area contributed by atoms with E-state index in [1.807, 2.05) is 0 Å². The molecule has 0 aliphatic heterocycles. The maximum Gasteiger partial charge on any atom is 0.347 e. The van der Waals surface area contributed by atoms with Crippen molar-refractivity contribution in [3.63, 3.8) is 0 Å². The van der Waals surface area contributed by atoms with Crippen LogP contribution in [-0.4, -0.2) is 44.7 Å². The molecule has 0 spiro atoms. The molecule has 1 heterocycles. The van der Waals surface area contributed by atoms with Gasteiger partial charge in [0.1, 0.15) is 6.54 Å². The number of aliphatic hydroxyl groups is 1. The average molecular weight is 265 g/mol. The van der Waals surface area contributed by atoms with E-state index in [4.69, 9.17) is 0 Å². The SMILES string of the molecule is CN(CC1(O)CCCC1)C(=O)Cn1cccnc1=O. The van der Waals surface area contributed by atoms with Gasteiger partial charge in [-0.15, -0.1) is 0 Å². The van der Waals surface area contributed by atoms with Crippen molar-refractivity contribution >= 4 is 5.91 Å². The van der Waals surface area contributed by atoms with Gasteiger partial charge < -0.3 is 10.0 Å². The Labute approximate surface area is 111 Å². The average Bonchev–Trinajstić information content (AvgIpc) is 2.78. The summed E-state index contributed by atoms with van der Waals surface area (Å²) in [6.45, 7) is 0.278. The molecule has 1 fully saturated rings. The van der Waals surface area contributed by atoms with Crippen LogP contribution < -0.4 is 5.69 Å². The van der Waals surface area contributed by atoms with Crippen LogP contribution in [0, 0.1) is 0 Å². The van der Waals surface area contributed by atoms with Gasteiger partial charge in [-0.3, -0.25) is 9.36 Å². The second kappa shape index (κ2) is 5.52. The van der Waals surface area contributed by atoms with Crippen molar-refractivity contribution in [2.75, 3.05) is 13.6 Å². The van der Waals surface area contributed by atoms with E-state index in [2.05, 4.69) is 4.98 Å². The van der Waals surface area contributed by atoms with E-state index < -0.39 is 11.3 Å². The highest BCUT2D eigenvalue weighted by atomic mass is 16.3. The van der Waals surface area contributed by atoms with E-state index in [0.717, 1.165) is 25.7 Å². The van der Waals surface area contributed by atoms with Crippen molar-refractivity contribution in [1.82, 2.24) is 14.5 Å². The van der Waals surface area contributed by atoms with Crippen molar-refractivity contribution < 1.29 is 9.90 Å². The molecule has 0 radical (unpaired) electrons. The predicted molar refractivity (Wildman–Crippen MR) is 69.6 cm³/mol.